The van der Waals surface area contributed by atoms with Crippen molar-refractivity contribution >= 4 is 27.6 Å². The number of hydrogen-bond acceptors (Lipinski definition) is 4. The van der Waals surface area contributed by atoms with Crippen LogP contribution in [0.2, 0.25) is 0 Å². The summed E-state index contributed by atoms with van der Waals surface area (Å²) >= 11 is 1.46. The second-order valence-corrected chi connectivity index (χ2v) is 8.04. The molecular weight excluding hydrogens is 248 g/mol. The summed E-state index contributed by atoms with van der Waals surface area (Å²) < 4.78 is 21.9. The largest absolute Gasteiger partial charge is 0.480 e. The number of hydrogen-bond donors (Lipinski definition) is 1. The van der Waals surface area contributed by atoms with E-state index in [1.165, 1.54) is 11.8 Å². The molecule has 1 unspecified atom stereocenters. The Labute approximate surface area is 101 Å². The zero-order valence-corrected chi connectivity index (χ0v) is 11.1. The van der Waals surface area contributed by atoms with Crippen LogP contribution >= 0.6 is 11.8 Å². The van der Waals surface area contributed by atoms with Gasteiger partial charge in [-0.25, -0.2) is 8.42 Å². The van der Waals surface area contributed by atoms with Gasteiger partial charge in [0.05, 0.1) is 5.75 Å². The van der Waals surface area contributed by atoms with Crippen molar-refractivity contribution < 1.29 is 18.3 Å². The standard InChI is InChI=1S/C10H18O4S2/c1-2-16(13,14)8-4-6-10(9(11)12)5-3-7-15-10/h2-8H2,1H3,(H,11,12). The zero-order chi connectivity index (χ0) is 12.2. The number of sulfone groups is 1. The summed E-state index contributed by atoms with van der Waals surface area (Å²) in [5, 5.41) is 9.18. The topological polar surface area (TPSA) is 71.4 Å². The van der Waals surface area contributed by atoms with Crippen LogP contribution in [0.5, 0.6) is 0 Å². The molecule has 0 spiro atoms. The molecule has 1 aliphatic heterocycles. The fourth-order valence-electron chi connectivity index (χ4n) is 1.89. The first-order chi connectivity index (χ1) is 7.42. The lowest BCUT2D eigenvalue weighted by Crippen LogP contribution is -2.32. The van der Waals surface area contributed by atoms with Crippen molar-refractivity contribution in [3.05, 3.63) is 0 Å². The molecule has 1 saturated heterocycles. The normalized spacial score (nSPS) is 25.8. The minimum atomic E-state index is -2.97. The highest BCUT2D eigenvalue weighted by atomic mass is 32.2. The van der Waals surface area contributed by atoms with Crippen molar-refractivity contribution in [3.63, 3.8) is 0 Å². The van der Waals surface area contributed by atoms with Crippen molar-refractivity contribution in [1.29, 1.82) is 0 Å². The molecule has 0 amide bonds. The molecule has 6 heteroatoms. The summed E-state index contributed by atoms with van der Waals surface area (Å²) in [6.45, 7) is 1.62. The molecular formula is C10H18O4S2. The molecule has 16 heavy (non-hydrogen) atoms. The molecule has 1 N–H and O–H groups in total. The minimum absolute atomic E-state index is 0.110. The van der Waals surface area contributed by atoms with E-state index in [1.54, 1.807) is 6.92 Å². The maximum Gasteiger partial charge on any atom is 0.319 e. The highest BCUT2D eigenvalue weighted by Gasteiger charge is 2.41. The highest BCUT2D eigenvalue weighted by Crippen LogP contribution is 2.42. The third-order valence-corrected chi connectivity index (χ3v) is 6.39. The summed E-state index contributed by atoms with van der Waals surface area (Å²) in [6.07, 6.45) is 2.50. The molecule has 0 aliphatic carbocycles. The maximum atomic E-state index is 11.3. The lowest BCUT2D eigenvalue weighted by molar-refractivity contribution is -0.140. The maximum absolute atomic E-state index is 11.3. The highest BCUT2D eigenvalue weighted by molar-refractivity contribution is 8.01. The third kappa shape index (κ3) is 3.38. The fourth-order valence-corrected chi connectivity index (χ4v) is 4.15. The number of carboxylic acids is 1. The summed E-state index contributed by atoms with van der Waals surface area (Å²) in [4.78, 5) is 11.2. The van der Waals surface area contributed by atoms with Gasteiger partial charge in [0.25, 0.3) is 0 Å². The van der Waals surface area contributed by atoms with E-state index >= 15 is 0 Å². The summed E-state index contributed by atoms with van der Waals surface area (Å²) in [6, 6.07) is 0. The van der Waals surface area contributed by atoms with E-state index in [2.05, 4.69) is 0 Å². The van der Waals surface area contributed by atoms with Crippen LogP contribution in [0.15, 0.2) is 0 Å². The van der Waals surface area contributed by atoms with Crippen molar-refractivity contribution in [2.75, 3.05) is 17.3 Å². The van der Waals surface area contributed by atoms with Gasteiger partial charge in [-0.2, -0.15) is 0 Å². The van der Waals surface area contributed by atoms with Crippen LogP contribution in [0.1, 0.15) is 32.6 Å². The number of thioether (sulfide) groups is 1. The van der Waals surface area contributed by atoms with E-state index in [0.29, 0.717) is 19.3 Å². The van der Waals surface area contributed by atoms with Crippen LogP contribution < -0.4 is 0 Å². The molecule has 0 saturated carbocycles. The first-order valence-electron chi connectivity index (χ1n) is 5.50. The Morgan fingerprint density at radius 3 is 2.62 bits per heavy atom. The summed E-state index contributed by atoms with van der Waals surface area (Å²) in [7, 11) is -2.97. The van der Waals surface area contributed by atoms with E-state index in [-0.39, 0.29) is 11.5 Å². The van der Waals surface area contributed by atoms with Gasteiger partial charge in [-0.15, -0.1) is 11.8 Å². The van der Waals surface area contributed by atoms with E-state index in [4.69, 9.17) is 0 Å². The molecule has 0 aromatic carbocycles. The van der Waals surface area contributed by atoms with Gasteiger partial charge < -0.3 is 5.11 Å². The van der Waals surface area contributed by atoms with Gasteiger partial charge in [0.1, 0.15) is 14.6 Å². The third-order valence-electron chi connectivity index (χ3n) is 2.97. The number of aliphatic carboxylic acids is 1. The van der Waals surface area contributed by atoms with E-state index in [0.717, 1.165) is 12.2 Å². The van der Waals surface area contributed by atoms with Gasteiger partial charge in [0.15, 0.2) is 0 Å². The molecule has 0 radical (unpaired) electrons. The molecule has 94 valence electrons. The Kier molecular flexibility index (Phi) is 4.67. The van der Waals surface area contributed by atoms with Crippen LogP contribution in [-0.2, 0) is 14.6 Å². The SMILES string of the molecule is CCS(=O)(=O)CCCC1(C(=O)O)CCCS1. The molecule has 0 aromatic heterocycles. The van der Waals surface area contributed by atoms with Crippen LogP contribution in [0.3, 0.4) is 0 Å². The van der Waals surface area contributed by atoms with Gasteiger partial charge >= 0.3 is 5.97 Å². The number of carbonyl (C=O) groups is 1. The minimum Gasteiger partial charge on any atom is -0.480 e. The zero-order valence-electron chi connectivity index (χ0n) is 9.44. The second kappa shape index (κ2) is 5.40. The summed E-state index contributed by atoms with van der Waals surface area (Å²) in [5.74, 6) is 0.329. The Balaban J connectivity index is 2.49. The van der Waals surface area contributed by atoms with Crippen molar-refractivity contribution in [3.8, 4) is 0 Å². The monoisotopic (exact) mass is 266 g/mol. The van der Waals surface area contributed by atoms with E-state index in [1.807, 2.05) is 0 Å². The molecule has 0 bridgehead atoms. The average molecular weight is 266 g/mol. The molecule has 1 atom stereocenters. The van der Waals surface area contributed by atoms with Crippen LogP contribution in [-0.4, -0.2) is 41.5 Å². The van der Waals surface area contributed by atoms with Crippen molar-refractivity contribution in [2.45, 2.75) is 37.4 Å². The quantitative estimate of drug-likeness (QED) is 0.790. The molecule has 0 aromatic rings. The number of rotatable bonds is 6. The molecule has 1 rings (SSSR count). The first-order valence-corrected chi connectivity index (χ1v) is 8.30. The Morgan fingerprint density at radius 2 is 2.19 bits per heavy atom. The fraction of sp³-hybridized carbons (Fsp3) is 0.900. The van der Waals surface area contributed by atoms with Gasteiger partial charge in [-0.3, -0.25) is 4.79 Å². The molecule has 1 fully saturated rings. The van der Waals surface area contributed by atoms with Gasteiger partial charge in [0.2, 0.25) is 0 Å². The van der Waals surface area contributed by atoms with Gasteiger partial charge in [0, 0.05) is 5.75 Å². The lowest BCUT2D eigenvalue weighted by Gasteiger charge is -2.22. The average Bonchev–Trinajstić information content (AvgIpc) is 2.67. The van der Waals surface area contributed by atoms with Gasteiger partial charge in [-0.05, 0) is 31.4 Å². The predicted molar refractivity (Wildman–Crippen MR) is 65.6 cm³/mol. The van der Waals surface area contributed by atoms with Crippen molar-refractivity contribution in [1.82, 2.24) is 0 Å². The van der Waals surface area contributed by atoms with E-state index < -0.39 is 20.6 Å². The van der Waals surface area contributed by atoms with Crippen LogP contribution in [0, 0.1) is 0 Å². The molecule has 1 heterocycles. The second-order valence-electron chi connectivity index (χ2n) is 4.09. The predicted octanol–water partition coefficient (Wildman–Crippen LogP) is 1.55. The van der Waals surface area contributed by atoms with Crippen LogP contribution in [0.25, 0.3) is 0 Å². The Bertz CT molecular complexity index is 342. The lowest BCUT2D eigenvalue weighted by atomic mass is 9.98. The summed E-state index contributed by atoms with van der Waals surface area (Å²) in [5.41, 5.74) is 0. The van der Waals surface area contributed by atoms with Crippen molar-refractivity contribution in [2.24, 2.45) is 0 Å². The Hall–Kier alpha value is -0.230. The number of carboxylic acid groups (broad SMARTS) is 1. The first kappa shape index (κ1) is 13.8. The van der Waals surface area contributed by atoms with Gasteiger partial charge in [-0.1, -0.05) is 6.92 Å². The van der Waals surface area contributed by atoms with E-state index in [9.17, 15) is 18.3 Å². The molecule has 1 aliphatic rings. The van der Waals surface area contributed by atoms with Crippen LogP contribution in [0.4, 0.5) is 0 Å². The Morgan fingerprint density at radius 1 is 1.50 bits per heavy atom. The molecule has 4 nitrogen and oxygen atoms in total. The smallest absolute Gasteiger partial charge is 0.319 e.